The van der Waals surface area contributed by atoms with Crippen LogP contribution in [0.5, 0.6) is 5.75 Å². The van der Waals surface area contributed by atoms with Gasteiger partial charge in [-0.2, -0.15) is 0 Å². The third kappa shape index (κ3) is 4.07. The van der Waals surface area contributed by atoms with Crippen LogP contribution in [-0.4, -0.2) is 25.3 Å². The SMILES string of the molecule is COc1ccc(C(=O)CNC(=O)c2ccc(Cl)cc2)cc1. The summed E-state index contributed by atoms with van der Waals surface area (Å²) in [6.07, 6.45) is 0. The van der Waals surface area contributed by atoms with Gasteiger partial charge in [-0.05, 0) is 48.5 Å². The highest BCUT2D eigenvalue weighted by Crippen LogP contribution is 2.12. The first-order valence-electron chi connectivity index (χ1n) is 6.31. The largest absolute Gasteiger partial charge is 0.497 e. The highest BCUT2D eigenvalue weighted by molar-refractivity contribution is 6.30. The number of ether oxygens (including phenoxy) is 1. The maximum Gasteiger partial charge on any atom is 0.251 e. The fourth-order valence-corrected chi connectivity index (χ4v) is 1.87. The zero-order valence-corrected chi connectivity index (χ0v) is 12.2. The van der Waals surface area contributed by atoms with Gasteiger partial charge in [0.25, 0.3) is 5.91 Å². The van der Waals surface area contributed by atoms with Crippen LogP contribution in [-0.2, 0) is 0 Å². The second-order valence-electron chi connectivity index (χ2n) is 4.34. The molecule has 1 N–H and O–H groups in total. The molecule has 5 heteroatoms. The number of amides is 1. The molecule has 2 rings (SSSR count). The lowest BCUT2D eigenvalue weighted by atomic mass is 10.1. The van der Waals surface area contributed by atoms with E-state index in [2.05, 4.69) is 5.32 Å². The Morgan fingerprint density at radius 3 is 2.14 bits per heavy atom. The number of hydrogen-bond donors (Lipinski definition) is 1. The summed E-state index contributed by atoms with van der Waals surface area (Å²) >= 11 is 5.75. The first-order valence-corrected chi connectivity index (χ1v) is 6.69. The van der Waals surface area contributed by atoms with Crippen molar-refractivity contribution in [3.05, 3.63) is 64.7 Å². The van der Waals surface area contributed by atoms with Crippen LogP contribution >= 0.6 is 11.6 Å². The molecule has 0 atom stereocenters. The summed E-state index contributed by atoms with van der Waals surface area (Å²) in [5.74, 6) is 0.199. The van der Waals surface area contributed by atoms with Crippen molar-refractivity contribution in [3.8, 4) is 5.75 Å². The molecule has 0 saturated heterocycles. The fourth-order valence-electron chi connectivity index (χ4n) is 1.74. The topological polar surface area (TPSA) is 55.4 Å². The highest BCUT2D eigenvalue weighted by atomic mass is 35.5. The highest BCUT2D eigenvalue weighted by Gasteiger charge is 2.10. The number of nitrogens with one attached hydrogen (secondary N) is 1. The molecule has 0 spiro atoms. The van der Waals surface area contributed by atoms with Crippen molar-refractivity contribution in [2.24, 2.45) is 0 Å². The van der Waals surface area contributed by atoms with Crippen molar-refractivity contribution in [1.82, 2.24) is 5.32 Å². The summed E-state index contributed by atoms with van der Waals surface area (Å²) in [6.45, 7) is -0.0617. The summed E-state index contributed by atoms with van der Waals surface area (Å²) in [4.78, 5) is 23.8. The predicted octanol–water partition coefficient (Wildman–Crippen LogP) is 2.96. The number of rotatable bonds is 5. The predicted molar refractivity (Wildman–Crippen MR) is 81.1 cm³/mol. The molecule has 0 aromatic heterocycles. The van der Waals surface area contributed by atoms with Gasteiger partial charge in [0.1, 0.15) is 5.75 Å². The van der Waals surface area contributed by atoms with E-state index in [9.17, 15) is 9.59 Å². The van der Waals surface area contributed by atoms with Crippen LogP contribution in [0.1, 0.15) is 20.7 Å². The van der Waals surface area contributed by atoms with E-state index in [1.54, 1.807) is 55.6 Å². The van der Waals surface area contributed by atoms with Crippen LogP contribution < -0.4 is 10.1 Å². The average Bonchev–Trinajstić information content (AvgIpc) is 2.53. The van der Waals surface area contributed by atoms with E-state index in [1.165, 1.54) is 0 Å². The molecule has 0 aliphatic rings. The summed E-state index contributed by atoms with van der Waals surface area (Å²) in [6, 6.07) is 13.2. The second-order valence-corrected chi connectivity index (χ2v) is 4.78. The lowest BCUT2D eigenvalue weighted by molar-refractivity contribution is 0.0904. The van der Waals surface area contributed by atoms with E-state index in [4.69, 9.17) is 16.3 Å². The van der Waals surface area contributed by atoms with Crippen LogP contribution in [0.4, 0.5) is 0 Å². The quantitative estimate of drug-likeness (QED) is 0.864. The van der Waals surface area contributed by atoms with E-state index in [0.717, 1.165) is 0 Å². The van der Waals surface area contributed by atoms with Crippen LogP contribution in [0.15, 0.2) is 48.5 Å². The van der Waals surface area contributed by atoms with E-state index in [0.29, 0.717) is 21.9 Å². The minimum absolute atomic E-state index is 0.0617. The Hall–Kier alpha value is -2.33. The molecule has 0 radical (unpaired) electrons. The molecule has 2 aromatic rings. The summed E-state index contributed by atoms with van der Waals surface area (Å²) in [7, 11) is 1.56. The first kappa shape index (κ1) is 15.1. The molecule has 1 amide bonds. The van der Waals surface area contributed by atoms with Gasteiger partial charge in [0, 0.05) is 16.1 Å². The molecule has 108 valence electrons. The van der Waals surface area contributed by atoms with Crippen molar-refractivity contribution in [1.29, 1.82) is 0 Å². The van der Waals surface area contributed by atoms with Crippen molar-refractivity contribution >= 4 is 23.3 Å². The van der Waals surface area contributed by atoms with Gasteiger partial charge in [-0.15, -0.1) is 0 Å². The van der Waals surface area contributed by atoms with Gasteiger partial charge in [0.2, 0.25) is 0 Å². The van der Waals surface area contributed by atoms with E-state index < -0.39 is 0 Å². The average molecular weight is 304 g/mol. The molecule has 0 aliphatic heterocycles. The molecular weight excluding hydrogens is 290 g/mol. The standard InChI is InChI=1S/C16H14ClNO3/c1-21-14-8-4-11(5-9-14)15(19)10-18-16(20)12-2-6-13(17)7-3-12/h2-9H,10H2,1H3,(H,18,20). The van der Waals surface area contributed by atoms with Crippen LogP contribution in [0.3, 0.4) is 0 Å². The van der Waals surface area contributed by atoms with Crippen LogP contribution in [0.2, 0.25) is 5.02 Å². The Kier molecular flexibility index (Phi) is 4.95. The zero-order valence-electron chi connectivity index (χ0n) is 11.4. The van der Waals surface area contributed by atoms with Gasteiger partial charge < -0.3 is 10.1 Å². The smallest absolute Gasteiger partial charge is 0.251 e. The number of ketones is 1. The van der Waals surface area contributed by atoms with Crippen molar-refractivity contribution in [2.75, 3.05) is 13.7 Å². The van der Waals surface area contributed by atoms with E-state index in [-0.39, 0.29) is 18.2 Å². The zero-order chi connectivity index (χ0) is 15.2. The summed E-state index contributed by atoms with van der Waals surface area (Å²) in [5.41, 5.74) is 0.981. The molecule has 0 heterocycles. The van der Waals surface area contributed by atoms with Gasteiger partial charge in [-0.1, -0.05) is 11.6 Å². The molecule has 4 nitrogen and oxygen atoms in total. The Morgan fingerprint density at radius 1 is 1.00 bits per heavy atom. The normalized spacial score (nSPS) is 10.0. The fraction of sp³-hybridized carbons (Fsp3) is 0.125. The monoisotopic (exact) mass is 303 g/mol. The lowest BCUT2D eigenvalue weighted by Crippen LogP contribution is -2.29. The number of methoxy groups -OCH3 is 1. The van der Waals surface area contributed by atoms with Crippen molar-refractivity contribution in [3.63, 3.8) is 0 Å². The van der Waals surface area contributed by atoms with E-state index >= 15 is 0 Å². The minimum atomic E-state index is -0.312. The molecule has 0 fully saturated rings. The molecule has 0 aliphatic carbocycles. The third-order valence-electron chi connectivity index (χ3n) is 2.93. The molecular formula is C16H14ClNO3. The van der Waals surface area contributed by atoms with Crippen molar-refractivity contribution in [2.45, 2.75) is 0 Å². The van der Waals surface area contributed by atoms with Gasteiger partial charge in [-0.3, -0.25) is 9.59 Å². The van der Waals surface area contributed by atoms with Gasteiger partial charge >= 0.3 is 0 Å². The van der Waals surface area contributed by atoms with Crippen LogP contribution in [0, 0.1) is 0 Å². The van der Waals surface area contributed by atoms with Gasteiger partial charge in [-0.25, -0.2) is 0 Å². The molecule has 2 aromatic carbocycles. The Morgan fingerprint density at radius 2 is 1.57 bits per heavy atom. The summed E-state index contributed by atoms with van der Waals surface area (Å²) in [5, 5.41) is 3.14. The molecule has 21 heavy (non-hydrogen) atoms. The number of Topliss-reactive ketones (excluding diaryl/α,β-unsaturated/α-hetero) is 1. The van der Waals surface area contributed by atoms with Gasteiger partial charge in [0.15, 0.2) is 5.78 Å². The number of carbonyl (C=O) groups excluding carboxylic acids is 2. The second kappa shape index (κ2) is 6.90. The Labute approximate surface area is 127 Å². The summed E-state index contributed by atoms with van der Waals surface area (Å²) < 4.78 is 5.02. The third-order valence-corrected chi connectivity index (χ3v) is 3.18. The van der Waals surface area contributed by atoms with E-state index in [1.807, 2.05) is 0 Å². The maximum atomic E-state index is 12.0. The number of halogens is 1. The first-order chi connectivity index (χ1) is 10.1. The Balaban J connectivity index is 1.93. The lowest BCUT2D eigenvalue weighted by Gasteiger charge is -2.06. The van der Waals surface area contributed by atoms with Crippen molar-refractivity contribution < 1.29 is 14.3 Å². The Bertz CT molecular complexity index is 636. The number of carbonyl (C=O) groups is 2. The molecule has 0 bridgehead atoms. The number of hydrogen-bond acceptors (Lipinski definition) is 3. The molecule has 0 saturated carbocycles. The minimum Gasteiger partial charge on any atom is -0.497 e. The molecule has 0 unspecified atom stereocenters. The number of benzene rings is 2. The van der Waals surface area contributed by atoms with Gasteiger partial charge in [0.05, 0.1) is 13.7 Å². The maximum absolute atomic E-state index is 12.0. The van der Waals surface area contributed by atoms with Crippen LogP contribution in [0.25, 0.3) is 0 Å².